The Morgan fingerprint density at radius 2 is 2.35 bits per heavy atom. The minimum atomic E-state index is 0.501. The Labute approximate surface area is 104 Å². The first kappa shape index (κ1) is 12.0. The SMILES string of the molecule is NCCCc1ccc2nc(CNC=O)sc2c1. The van der Waals surface area contributed by atoms with Crippen LogP contribution >= 0.6 is 11.3 Å². The van der Waals surface area contributed by atoms with Crippen LogP contribution in [0, 0.1) is 0 Å². The van der Waals surface area contributed by atoms with Crippen molar-refractivity contribution >= 4 is 28.0 Å². The van der Waals surface area contributed by atoms with Crippen molar-refractivity contribution < 1.29 is 4.79 Å². The molecule has 0 aliphatic rings. The molecule has 17 heavy (non-hydrogen) atoms. The van der Waals surface area contributed by atoms with Gasteiger partial charge in [-0.3, -0.25) is 4.79 Å². The van der Waals surface area contributed by atoms with Gasteiger partial charge in [-0.25, -0.2) is 4.98 Å². The molecule has 0 saturated carbocycles. The van der Waals surface area contributed by atoms with E-state index in [2.05, 4.69) is 22.4 Å². The van der Waals surface area contributed by atoms with Crippen LogP contribution < -0.4 is 11.1 Å². The van der Waals surface area contributed by atoms with Gasteiger partial charge in [0.15, 0.2) is 0 Å². The highest BCUT2D eigenvalue weighted by Gasteiger charge is 2.04. The van der Waals surface area contributed by atoms with Gasteiger partial charge in [0.25, 0.3) is 0 Å². The second kappa shape index (κ2) is 5.75. The number of aromatic nitrogens is 1. The number of nitrogens with zero attached hydrogens (tertiary/aromatic N) is 1. The fourth-order valence-corrected chi connectivity index (χ4v) is 2.66. The molecule has 1 aromatic heterocycles. The number of hydrogen-bond donors (Lipinski definition) is 2. The van der Waals surface area contributed by atoms with Crippen LogP contribution in [0.4, 0.5) is 0 Å². The summed E-state index contributed by atoms with van der Waals surface area (Å²) in [5, 5.41) is 3.56. The molecule has 5 heteroatoms. The fourth-order valence-electron chi connectivity index (χ4n) is 1.68. The molecule has 1 aromatic carbocycles. The lowest BCUT2D eigenvalue weighted by Gasteiger charge is -1.98. The van der Waals surface area contributed by atoms with Gasteiger partial charge in [0, 0.05) is 0 Å². The predicted octanol–water partition coefficient (Wildman–Crippen LogP) is 1.43. The predicted molar refractivity (Wildman–Crippen MR) is 69.9 cm³/mol. The molecule has 0 saturated heterocycles. The molecule has 0 radical (unpaired) electrons. The Hall–Kier alpha value is -1.46. The van der Waals surface area contributed by atoms with Crippen molar-refractivity contribution in [3.05, 3.63) is 28.8 Å². The van der Waals surface area contributed by atoms with Crippen LogP contribution in [0.5, 0.6) is 0 Å². The monoisotopic (exact) mass is 249 g/mol. The van der Waals surface area contributed by atoms with Crippen LogP contribution in [-0.4, -0.2) is 17.9 Å². The second-order valence-electron chi connectivity index (χ2n) is 3.80. The van der Waals surface area contributed by atoms with Gasteiger partial charge in [-0.2, -0.15) is 0 Å². The van der Waals surface area contributed by atoms with Gasteiger partial charge < -0.3 is 11.1 Å². The normalized spacial score (nSPS) is 10.6. The summed E-state index contributed by atoms with van der Waals surface area (Å²) in [6.07, 6.45) is 2.70. The first-order valence-electron chi connectivity index (χ1n) is 5.59. The smallest absolute Gasteiger partial charge is 0.207 e. The van der Waals surface area contributed by atoms with Crippen LogP contribution in [0.2, 0.25) is 0 Å². The van der Waals surface area contributed by atoms with Gasteiger partial charge in [-0.15, -0.1) is 11.3 Å². The average molecular weight is 249 g/mol. The summed E-state index contributed by atoms with van der Waals surface area (Å²) in [6, 6.07) is 6.28. The minimum Gasteiger partial charge on any atom is -0.352 e. The molecule has 4 nitrogen and oxygen atoms in total. The molecule has 0 aliphatic heterocycles. The van der Waals surface area contributed by atoms with Gasteiger partial charge in [-0.1, -0.05) is 6.07 Å². The van der Waals surface area contributed by atoms with Gasteiger partial charge in [0.2, 0.25) is 6.41 Å². The summed E-state index contributed by atoms with van der Waals surface area (Å²) >= 11 is 1.62. The van der Waals surface area contributed by atoms with Crippen molar-refractivity contribution in [2.75, 3.05) is 6.54 Å². The van der Waals surface area contributed by atoms with E-state index in [4.69, 9.17) is 5.73 Å². The third kappa shape index (κ3) is 3.01. The molecule has 90 valence electrons. The number of rotatable bonds is 6. The van der Waals surface area contributed by atoms with Crippen LogP contribution in [-0.2, 0) is 17.8 Å². The number of nitrogens with one attached hydrogen (secondary N) is 1. The van der Waals surface area contributed by atoms with E-state index < -0.39 is 0 Å². The molecule has 2 aromatic rings. The molecular formula is C12H15N3OS. The average Bonchev–Trinajstić information content (AvgIpc) is 2.75. The zero-order valence-electron chi connectivity index (χ0n) is 9.48. The summed E-state index contributed by atoms with van der Waals surface area (Å²) in [5.74, 6) is 0. The van der Waals surface area contributed by atoms with E-state index in [1.165, 1.54) is 10.3 Å². The molecule has 0 fully saturated rings. The highest BCUT2D eigenvalue weighted by atomic mass is 32.1. The number of nitrogens with two attached hydrogens (primary N) is 1. The highest BCUT2D eigenvalue weighted by Crippen LogP contribution is 2.23. The Kier molecular flexibility index (Phi) is 4.06. The van der Waals surface area contributed by atoms with Gasteiger partial charge in [0.05, 0.1) is 16.8 Å². The standard InChI is InChI=1S/C12H15N3OS/c13-5-1-2-9-3-4-10-11(6-9)17-12(15-10)7-14-8-16/h3-4,6,8H,1-2,5,7,13H2,(H,14,16). The Morgan fingerprint density at radius 3 is 3.12 bits per heavy atom. The van der Waals surface area contributed by atoms with Crippen molar-refractivity contribution in [3.8, 4) is 0 Å². The van der Waals surface area contributed by atoms with E-state index in [9.17, 15) is 4.79 Å². The van der Waals surface area contributed by atoms with Crippen LogP contribution in [0.3, 0.4) is 0 Å². The number of amides is 1. The minimum absolute atomic E-state index is 0.501. The third-order valence-corrected chi connectivity index (χ3v) is 3.52. The summed E-state index contributed by atoms with van der Waals surface area (Å²) in [7, 11) is 0. The van der Waals surface area contributed by atoms with Crippen molar-refractivity contribution in [1.82, 2.24) is 10.3 Å². The first-order chi connectivity index (χ1) is 8.33. The van der Waals surface area contributed by atoms with Crippen molar-refractivity contribution in [2.24, 2.45) is 5.73 Å². The molecule has 0 unspecified atom stereocenters. The molecule has 1 amide bonds. The summed E-state index contributed by atoms with van der Waals surface area (Å²) < 4.78 is 1.17. The number of carbonyl (C=O) groups is 1. The third-order valence-electron chi connectivity index (χ3n) is 2.50. The van der Waals surface area contributed by atoms with E-state index in [-0.39, 0.29) is 0 Å². The number of fused-ring (bicyclic) bond motifs is 1. The van der Waals surface area contributed by atoms with E-state index in [1.807, 2.05) is 6.07 Å². The van der Waals surface area contributed by atoms with Crippen LogP contribution in [0.15, 0.2) is 18.2 Å². The quantitative estimate of drug-likeness (QED) is 0.761. The largest absolute Gasteiger partial charge is 0.352 e. The summed E-state index contributed by atoms with van der Waals surface area (Å²) in [4.78, 5) is 14.7. The molecule has 0 atom stereocenters. The van der Waals surface area contributed by atoms with Gasteiger partial charge >= 0.3 is 0 Å². The molecule has 0 bridgehead atoms. The zero-order chi connectivity index (χ0) is 12.1. The number of thiazole rings is 1. The van der Waals surface area contributed by atoms with E-state index in [0.29, 0.717) is 13.0 Å². The number of aryl methyl sites for hydroxylation is 1. The zero-order valence-corrected chi connectivity index (χ0v) is 10.3. The van der Waals surface area contributed by atoms with E-state index in [1.54, 1.807) is 11.3 Å². The molecule has 3 N–H and O–H groups in total. The maximum atomic E-state index is 10.2. The number of hydrogen-bond acceptors (Lipinski definition) is 4. The van der Waals surface area contributed by atoms with E-state index >= 15 is 0 Å². The summed E-state index contributed by atoms with van der Waals surface area (Å²) in [5.41, 5.74) is 7.78. The molecule has 1 heterocycles. The first-order valence-corrected chi connectivity index (χ1v) is 6.40. The van der Waals surface area contributed by atoms with Crippen molar-refractivity contribution in [3.63, 3.8) is 0 Å². The lowest BCUT2D eigenvalue weighted by Crippen LogP contribution is -2.08. The lowest BCUT2D eigenvalue weighted by atomic mass is 10.1. The topological polar surface area (TPSA) is 68.0 Å². The highest BCUT2D eigenvalue weighted by molar-refractivity contribution is 7.18. The molecular weight excluding hydrogens is 234 g/mol. The second-order valence-corrected chi connectivity index (χ2v) is 4.92. The maximum absolute atomic E-state index is 10.2. The molecule has 0 spiro atoms. The van der Waals surface area contributed by atoms with E-state index in [0.717, 1.165) is 29.9 Å². The van der Waals surface area contributed by atoms with Crippen LogP contribution in [0.25, 0.3) is 10.2 Å². The van der Waals surface area contributed by atoms with Crippen molar-refractivity contribution in [2.45, 2.75) is 19.4 Å². The molecule has 0 aliphatic carbocycles. The Morgan fingerprint density at radius 1 is 1.47 bits per heavy atom. The van der Waals surface area contributed by atoms with Gasteiger partial charge in [0.1, 0.15) is 5.01 Å². The number of carbonyl (C=O) groups excluding carboxylic acids is 1. The Bertz CT molecular complexity index is 509. The molecule has 2 rings (SSSR count). The Balaban J connectivity index is 2.18. The van der Waals surface area contributed by atoms with Crippen molar-refractivity contribution in [1.29, 1.82) is 0 Å². The lowest BCUT2D eigenvalue weighted by molar-refractivity contribution is -0.109. The number of benzene rings is 1. The summed E-state index contributed by atoms with van der Waals surface area (Å²) in [6.45, 7) is 1.22. The maximum Gasteiger partial charge on any atom is 0.207 e. The van der Waals surface area contributed by atoms with Crippen LogP contribution in [0.1, 0.15) is 17.0 Å². The fraction of sp³-hybridized carbons (Fsp3) is 0.333. The van der Waals surface area contributed by atoms with Gasteiger partial charge in [-0.05, 0) is 37.1 Å².